The number of hydrogen-bond donors (Lipinski definition) is 0. The van der Waals surface area contributed by atoms with Crippen LogP contribution < -0.4 is 0 Å². The average molecular weight is 188 g/mol. The van der Waals surface area contributed by atoms with E-state index in [9.17, 15) is 13.6 Å². The number of fused-ring (bicyclic) bond motifs is 1. The molecule has 0 N–H and O–H groups in total. The molecule has 1 unspecified atom stereocenters. The smallest absolute Gasteiger partial charge is 0.248 e. The average Bonchev–Trinajstić information content (AvgIpc) is 2.39. The minimum atomic E-state index is -2.45. The van der Waals surface area contributed by atoms with E-state index in [1.165, 1.54) is 0 Å². The van der Waals surface area contributed by atoms with Gasteiger partial charge in [0.2, 0.25) is 5.92 Å². The number of alkyl halides is 2. The number of rotatable bonds is 1. The number of hydrogen-bond acceptors (Lipinski definition) is 1. The van der Waals surface area contributed by atoms with Crippen molar-refractivity contribution < 1.29 is 13.6 Å². The summed E-state index contributed by atoms with van der Waals surface area (Å²) in [6.07, 6.45) is 1.44. The van der Waals surface area contributed by atoms with Gasteiger partial charge in [0.25, 0.3) is 0 Å². The third kappa shape index (κ3) is 1.61. The van der Waals surface area contributed by atoms with E-state index in [0.717, 1.165) is 0 Å². The zero-order valence-electron chi connectivity index (χ0n) is 7.72. The third-order valence-corrected chi connectivity index (χ3v) is 3.54. The Bertz CT molecular complexity index is 221. The van der Waals surface area contributed by atoms with Crippen LogP contribution in [0.3, 0.4) is 0 Å². The molecule has 2 saturated carbocycles. The van der Waals surface area contributed by atoms with Gasteiger partial charge in [0.05, 0.1) is 0 Å². The minimum Gasteiger partial charge on any atom is -0.300 e. The summed E-state index contributed by atoms with van der Waals surface area (Å²) in [5, 5.41) is 0. The van der Waals surface area contributed by atoms with Gasteiger partial charge in [-0.15, -0.1) is 0 Å². The largest absolute Gasteiger partial charge is 0.300 e. The number of carbonyl (C=O) groups is 1. The number of ketones is 1. The van der Waals surface area contributed by atoms with Crippen LogP contribution in [0, 0.1) is 17.8 Å². The number of carbonyl (C=O) groups excluding carboxylic acids is 1. The number of Topliss-reactive ketones (excluding diaryl/α,β-unsaturated/α-hetero) is 1. The lowest BCUT2D eigenvalue weighted by molar-refractivity contribution is -0.121. The Hall–Kier alpha value is -0.470. The minimum absolute atomic E-state index is 0.0153. The van der Waals surface area contributed by atoms with E-state index in [2.05, 4.69) is 0 Å². The summed E-state index contributed by atoms with van der Waals surface area (Å²) in [4.78, 5) is 11.1. The molecule has 0 heterocycles. The summed E-state index contributed by atoms with van der Waals surface area (Å²) in [5.74, 6) is -1.96. The first kappa shape index (κ1) is 9.10. The van der Waals surface area contributed by atoms with Gasteiger partial charge in [0.1, 0.15) is 5.78 Å². The van der Waals surface area contributed by atoms with E-state index in [-0.39, 0.29) is 36.4 Å². The van der Waals surface area contributed by atoms with Crippen molar-refractivity contribution in [2.75, 3.05) is 0 Å². The summed E-state index contributed by atoms with van der Waals surface area (Å²) < 4.78 is 25.8. The Morgan fingerprint density at radius 3 is 2.08 bits per heavy atom. The molecule has 0 saturated heterocycles. The zero-order chi connectivity index (χ0) is 9.64. The van der Waals surface area contributed by atoms with E-state index in [0.29, 0.717) is 12.8 Å². The third-order valence-electron chi connectivity index (χ3n) is 3.54. The van der Waals surface area contributed by atoms with E-state index >= 15 is 0 Å². The molecule has 2 aliphatic carbocycles. The van der Waals surface area contributed by atoms with Gasteiger partial charge < -0.3 is 0 Å². The molecule has 3 atom stereocenters. The Balaban J connectivity index is 2.01. The molecule has 1 nitrogen and oxygen atoms in total. The Morgan fingerprint density at radius 1 is 1.23 bits per heavy atom. The molecule has 0 aliphatic heterocycles. The summed E-state index contributed by atoms with van der Waals surface area (Å²) in [6, 6.07) is 0. The predicted octanol–water partition coefficient (Wildman–Crippen LogP) is 2.65. The highest BCUT2D eigenvalue weighted by Crippen LogP contribution is 2.52. The zero-order valence-corrected chi connectivity index (χ0v) is 7.72. The van der Waals surface area contributed by atoms with Crippen LogP contribution in [0.2, 0.25) is 0 Å². The SMILES string of the molecule is CC(=O)C1C[C@@H]2CC(F)(F)C[C@@H]2C1. The second kappa shape index (κ2) is 2.76. The predicted molar refractivity (Wildman–Crippen MR) is 44.6 cm³/mol. The van der Waals surface area contributed by atoms with Crippen molar-refractivity contribution in [2.24, 2.45) is 17.8 Å². The standard InChI is InChI=1S/C10H14F2O/c1-6(13)7-2-8-4-10(11,12)5-9(8)3-7/h7-9H,2-5H2,1H3/t7?,8-,9+. The number of halogens is 2. The lowest BCUT2D eigenvalue weighted by Crippen LogP contribution is -2.14. The van der Waals surface area contributed by atoms with E-state index in [1.807, 2.05) is 0 Å². The van der Waals surface area contributed by atoms with Crippen LogP contribution in [0.25, 0.3) is 0 Å². The molecule has 74 valence electrons. The monoisotopic (exact) mass is 188 g/mol. The fourth-order valence-electron chi connectivity index (χ4n) is 2.89. The molecule has 0 aromatic rings. The van der Waals surface area contributed by atoms with Crippen molar-refractivity contribution in [1.29, 1.82) is 0 Å². The molecule has 13 heavy (non-hydrogen) atoms. The first-order chi connectivity index (χ1) is 5.98. The highest BCUT2D eigenvalue weighted by molar-refractivity contribution is 5.78. The molecular weight excluding hydrogens is 174 g/mol. The molecule has 3 heteroatoms. The van der Waals surface area contributed by atoms with Crippen molar-refractivity contribution in [3.8, 4) is 0 Å². The Morgan fingerprint density at radius 2 is 1.69 bits per heavy atom. The Kier molecular flexibility index (Phi) is 1.93. The normalized spacial score (nSPS) is 41.9. The van der Waals surface area contributed by atoms with Crippen LogP contribution in [0.4, 0.5) is 8.78 Å². The topological polar surface area (TPSA) is 17.1 Å². The fourth-order valence-corrected chi connectivity index (χ4v) is 2.89. The lowest BCUT2D eigenvalue weighted by Gasteiger charge is -2.11. The first-order valence-corrected chi connectivity index (χ1v) is 4.86. The van der Waals surface area contributed by atoms with Gasteiger partial charge in [-0.25, -0.2) is 8.78 Å². The Labute approximate surface area is 76.5 Å². The maximum atomic E-state index is 12.9. The van der Waals surface area contributed by atoms with Gasteiger partial charge in [0.15, 0.2) is 0 Å². The second-order valence-electron chi connectivity index (χ2n) is 4.56. The van der Waals surface area contributed by atoms with E-state index < -0.39 is 5.92 Å². The molecule has 0 aromatic heterocycles. The quantitative estimate of drug-likeness (QED) is 0.618. The molecular formula is C10H14F2O. The van der Waals surface area contributed by atoms with E-state index in [1.54, 1.807) is 6.92 Å². The molecule has 0 aromatic carbocycles. The van der Waals surface area contributed by atoms with Crippen molar-refractivity contribution in [3.05, 3.63) is 0 Å². The molecule has 0 amide bonds. The summed E-state index contributed by atoms with van der Waals surface area (Å²) in [7, 11) is 0. The van der Waals surface area contributed by atoms with Crippen LogP contribution >= 0.6 is 0 Å². The van der Waals surface area contributed by atoms with E-state index in [4.69, 9.17) is 0 Å². The molecule has 0 bridgehead atoms. The van der Waals surface area contributed by atoms with Crippen LogP contribution in [-0.4, -0.2) is 11.7 Å². The highest BCUT2D eigenvalue weighted by Gasteiger charge is 2.51. The maximum absolute atomic E-state index is 12.9. The van der Waals surface area contributed by atoms with Crippen LogP contribution in [0.15, 0.2) is 0 Å². The van der Waals surface area contributed by atoms with Gasteiger partial charge in [0, 0.05) is 18.8 Å². The second-order valence-corrected chi connectivity index (χ2v) is 4.56. The first-order valence-electron chi connectivity index (χ1n) is 4.86. The molecule has 2 fully saturated rings. The molecule has 2 rings (SSSR count). The van der Waals surface area contributed by atoms with Gasteiger partial charge in [-0.3, -0.25) is 4.79 Å². The molecule has 0 spiro atoms. The summed E-state index contributed by atoms with van der Waals surface area (Å²) >= 11 is 0. The van der Waals surface area contributed by atoms with Gasteiger partial charge in [-0.1, -0.05) is 0 Å². The summed E-state index contributed by atoms with van der Waals surface area (Å²) in [5.41, 5.74) is 0. The van der Waals surface area contributed by atoms with Crippen molar-refractivity contribution in [3.63, 3.8) is 0 Å². The maximum Gasteiger partial charge on any atom is 0.248 e. The van der Waals surface area contributed by atoms with Crippen LogP contribution in [0.5, 0.6) is 0 Å². The van der Waals surface area contributed by atoms with Crippen molar-refractivity contribution in [2.45, 2.75) is 38.5 Å². The lowest BCUT2D eigenvalue weighted by atomic mass is 9.99. The molecule has 2 aliphatic rings. The van der Waals surface area contributed by atoms with Crippen molar-refractivity contribution in [1.82, 2.24) is 0 Å². The highest BCUT2D eigenvalue weighted by atomic mass is 19.3. The molecule has 0 radical (unpaired) electrons. The fraction of sp³-hybridized carbons (Fsp3) is 0.900. The van der Waals surface area contributed by atoms with Crippen LogP contribution in [-0.2, 0) is 4.79 Å². The van der Waals surface area contributed by atoms with Gasteiger partial charge in [-0.05, 0) is 31.6 Å². The van der Waals surface area contributed by atoms with Gasteiger partial charge in [-0.2, -0.15) is 0 Å². The summed E-state index contributed by atoms with van der Waals surface area (Å²) in [6.45, 7) is 1.57. The van der Waals surface area contributed by atoms with Crippen LogP contribution in [0.1, 0.15) is 32.6 Å². The van der Waals surface area contributed by atoms with Crippen molar-refractivity contribution >= 4 is 5.78 Å². The van der Waals surface area contributed by atoms with Gasteiger partial charge >= 0.3 is 0 Å².